The van der Waals surface area contributed by atoms with E-state index in [2.05, 4.69) is 15.7 Å². The molecule has 2 N–H and O–H groups in total. The molecule has 0 unspecified atom stereocenters. The van der Waals surface area contributed by atoms with Crippen molar-refractivity contribution in [3.8, 4) is 0 Å². The van der Waals surface area contributed by atoms with Gasteiger partial charge in [-0.1, -0.05) is 40.9 Å². The molecule has 1 heterocycles. The quantitative estimate of drug-likeness (QED) is 0.540. The molecule has 0 saturated carbocycles. The van der Waals surface area contributed by atoms with Crippen LogP contribution in [0.1, 0.15) is 5.56 Å². The first-order valence-corrected chi connectivity index (χ1v) is 8.84. The van der Waals surface area contributed by atoms with Crippen LogP contribution in [-0.4, -0.2) is 14.9 Å². The Hall–Kier alpha value is -1.79. The van der Waals surface area contributed by atoms with Gasteiger partial charge in [-0.05, 0) is 54.2 Å². The van der Waals surface area contributed by atoms with Gasteiger partial charge in [0.1, 0.15) is 0 Å². The van der Waals surface area contributed by atoms with Crippen LogP contribution in [0, 0.1) is 0 Å². The molecule has 3 rings (SSSR count). The van der Waals surface area contributed by atoms with Crippen molar-refractivity contribution >= 4 is 63.5 Å². The number of rotatable bonds is 4. The first kappa shape index (κ1) is 18.0. The average Bonchev–Trinajstić information content (AvgIpc) is 2.99. The number of nitrogens with zero attached hydrogens (tertiary/aromatic N) is 2. The van der Waals surface area contributed by atoms with E-state index in [4.69, 9.17) is 47.0 Å². The molecular formula is C17H13Cl3N4S. The molecule has 0 spiro atoms. The van der Waals surface area contributed by atoms with Crippen LogP contribution in [-0.2, 0) is 6.54 Å². The zero-order chi connectivity index (χ0) is 17.8. The molecule has 0 bridgehead atoms. The zero-order valence-corrected chi connectivity index (χ0v) is 15.9. The summed E-state index contributed by atoms with van der Waals surface area (Å²) >= 11 is 23.3. The first-order valence-electron chi connectivity index (χ1n) is 7.29. The number of aromatic nitrogens is 2. The highest BCUT2D eigenvalue weighted by molar-refractivity contribution is 7.80. The minimum atomic E-state index is 0.464. The highest BCUT2D eigenvalue weighted by Gasteiger charge is 2.06. The van der Waals surface area contributed by atoms with Crippen LogP contribution >= 0.6 is 47.0 Å². The smallest absolute Gasteiger partial charge is 0.175 e. The summed E-state index contributed by atoms with van der Waals surface area (Å²) in [5.41, 5.74) is 2.56. The number of halogens is 3. The minimum absolute atomic E-state index is 0.464. The van der Waals surface area contributed by atoms with Gasteiger partial charge in [0.25, 0.3) is 0 Å². The molecule has 0 saturated heterocycles. The predicted octanol–water partition coefficient (Wildman–Crippen LogP) is 5.70. The molecule has 2 aromatic carbocycles. The van der Waals surface area contributed by atoms with Crippen LogP contribution in [0.5, 0.6) is 0 Å². The van der Waals surface area contributed by atoms with Crippen molar-refractivity contribution in [3.63, 3.8) is 0 Å². The van der Waals surface area contributed by atoms with E-state index in [-0.39, 0.29) is 0 Å². The summed E-state index contributed by atoms with van der Waals surface area (Å²) in [4.78, 5) is 0. The fourth-order valence-electron chi connectivity index (χ4n) is 2.17. The number of benzene rings is 2. The van der Waals surface area contributed by atoms with E-state index < -0.39 is 0 Å². The van der Waals surface area contributed by atoms with E-state index in [1.807, 2.05) is 24.4 Å². The molecular weight excluding hydrogens is 399 g/mol. The largest absolute Gasteiger partial charge is 0.332 e. The van der Waals surface area contributed by atoms with Crippen molar-refractivity contribution in [2.45, 2.75) is 6.54 Å². The number of thiocarbonyl (C=S) groups is 1. The molecule has 0 atom stereocenters. The monoisotopic (exact) mass is 410 g/mol. The summed E-state index contributed by atoms with van der Waals surface area (Å²) < 4.78 is 1.77. The van der Waals surface area contributed by atoms with Gasteiger partial charge in [-0.2, -0.15) is 5.10 Å². The summed E-state index contributed by atoms with van der Waals surface area (Å²) in [6.07, 6.45) is 3.54. The van der Waals surface area contributed by atoms with E-state index in [0.717, 1.165) is 16.9 Å². The maximum atomic E-state index is 6.19. The fourth-order valence-corrected chi connectivity index (χ4v) is 3.00. The first-order chi connectivity index (χ1) is 12.0. The highest BCUT2D eigenvalue weighted by atomic mass is 35.5. The maximum Gasteiger partial charge on any atom is 0.175 e. The average molecular weight is 412 g/mol. The van der Waals surface area contributed by atoms with Crippen molar-refractivity contribution in [3.05, 3.63) is 75.5 Å². The minimum Gasteiger partial charge on any atom is -0.332 e. The Kier molecular flexibility index (Phi) is 5.81. The van der Waals surface area contributed by atoms with Crippen LogP contribution < -0.4 is 10.6 Å². The Balaban J connectivity index is 1.61. The van der Waals surface area contributed by atoms with E-state index >= 15 is 0 Å². The maximum absolute atomic E-state index is 6.19. The van der Waals surface area contributed by atoms with Gasteiger partial charge < -0.3 is 10.6 Å². The third-order valence-corrected chi connectivity index (χ3v) is 4.38. The Bertz CT molecular complexity index is 893. The summed E-state index contributed by atoms with van der Waals surface area (Å²) in [6.45, 7) is 0.537. The van der Waals surface area contributed by atoms with Crippen molar-refractivity contribution in [1.29, 1.82) is 0 Å². The van der Waals surface area contributed by atoms with Crippen molar-refractivity contribution < 1.29 is 0 Å². The summed E-state index contributed by atoms with van der Waals surface area (Å²) in [5.74, 6) is 0. The summed E-state index contributed by atoms with van der Waals surface area (Å²) in [7, 11) is 0. The van der Waals surface area contributed by atoms with Gasteiger partial charge in [-0.3, -0.25) is 4.68 Å². The number of anilines is 2. The molecule has 0 amide bonds. The van der Waals surface area contributed by atoms with Gasteiger partial charge in [-0.25, -0.2) is 0 Å². The molecule has 0 aliphatic carbocycles. The second-order valence-electron chi connectivity index (χ2n) is 5.25. The third kappa shape index (κ3) is 5.09. The lowest BCUT2D eigenvalue weighted by Crippen LogP contribution is -2.18. The molecule has 0 aliphatic rings. The molecule has 1 aromatic heterocycles. The van der Waals surface area contributed by atoms with Gasteiger partial charge in [-0.15, -0.1) is 0 Å². The standard InChI is InChI=1S/C17H13Cl3N4S/c18-12-3-5-14(6-4-12)22-17(25)23-15-8-21-24(10-15)9-11-1-2-13(19)7-16(11)20/h1-8,10H,9H2,(H2,22,23,25). The number of hydrogen-bond acceptors (Lipinski definition) is 2. The predicted molar refractivity (Wildman–Crippen MR) is 109 cm³/mol. The van der Waals surface area contributed by atoms with Crippen LogP contribution in [0.3, 0.4) is 0 Å². The third-order valence-electron chi connectivity index (χ3n) is 3.34. The van der Waals surface area contributed by atoms with E-state index in [0.29, 0.717) is 26.7 Å². The second kappa shape index (κ2) is 8.06. The number of hydrogen-bond donors (Lipinski definition) is 2. The van der Waals surface area contributed by atoms with Crippen molar-refractivity contribution in [2.75, 3.05) is 10.6 Å². The Morgan fingerprint density at radius 1 is 0.960 bits per heavy atom. The highest BCUT2D eigenvalue weighted by Crippen LogP contribution is 2.22. The Morgan fingerprint density at radius 2 is 1.64 bits per heavy atom. The molecule has 0 fully saturated rings. The van der Waals surface area contributed by atoms with Gasteiger partial charge in [0.2, 0.25) is 0 Å². The van der Waals surface area contributed by atoms with E-state index in [1.54, 1.807) is 35.1 Å². The zero-order valence-electron chi connectivity index (χ0n) is 12.8. The van der Waals surface area contributed by atoms with E-state index in [1.165, 1.54) is 0 Å². The molecule has 0 aliphatic heterocycles. The van der Waals surface area contributed by atoms with E-state index in [9.17, 15) is 0 Å². The molecule has 25 heavy (non-hydrogen) atoms. The SMILES string of the molecule is S=C(Nc1ccc(Cl)cc1)Nc1cnn(Cc2ccc(Cl)cc2Cl)c1. The number of nitrogens with one attached hydrogen (secondary N) is 2. The van der Waals surface area contributed by atoms with Crippen LogP contribution in [0.2, 0.25) is 15.1 Å². The van der Waals surface area contributed by atoms with Gasteiger partial charge >= 0.3 is 0 Å². The lowest BCUT2D eigenvalue weighted by molar-refractivity contribution is 0.687. The Labute approximate surface area is 165 Å². The summed E-state index contributed by atoms with van der Waals surface area (Å²) in [6, 6.07) is 12.7. The second-order valence-corrected chi connectivity index (χ2v) is 6.94. The van der Waals surface area contributed by atoms with Crippen LogP contribution in [0.4, 0.5) is 11.4 Å². The van der Waals surface area contributed by atoms with Gasteiger partial charge in [0.05, 0.1) is 18.4 Å². The Morgan fingerprint density at radius 3 is 2.36 bits per heavy atom. The van der Waals surface area contributed by atoms with Crippen molar-refractivity contribution in [1.82, 2.24) is 9.78 Å². The topological polar surface area (TPSA) is 41.9 Å². The summed E-state index contributed by atoms with van der Waals surface area (Å²) in [5, 5.41) is 12.8. The van der Waals surface area contributed by atoms with Gasteiger partial charge in [0.15, 0.2) is 5.11 Å². The lowest BCUT2D eigenvalue weighted by Gasteiger charge is -2.09. The fraction of sp³-hybridized carbons (Fsp3) is 0.0588. The molecule has 0 radical (unpaired) electrons. The van der Waals surface area contributed by atoms with Crippen LogP contribution in [0.25, 0.3) is 0 Å². The van der Waals surface area contributed by atoms with Crippen LogP contribution in [0.15, 0.2) is 54.9 Å². The molecule has 4 nitrogen and oxygen atoms in total. The normalized spacial score (nSPS) is 10.5. The molecule has 8 heteroatoms. The molecule has 128 valence electrons. The van der Waals surface area contributed by atoms with Crippen molar-refractivity contribution in [2.24, 2.45) is 0 Å². The molecule has 3 aromatic rings. The lowest BCUT2D eigenvalue weighted by atomic mass is 10.2. The van der Waals surface area contributed by atoms with Gasteiger partial charge in [0, 0.05) is 27.0 Å².